The molecular weight excluding hydrogens is 476 g/mol. The van der Waals surface area contributed by atoms with Gasteiger partial charge in [-0.3, -0.25) is 4.79 Å². The maximum absolute atomic E-state index is 12.4. The average Bonchev–Trinajstić information content (AvgIpc) is 2.93. The molecule has 6 nitrogen and oxygen atoms in total. The fourth-order valence-corrected chi connectivity index (χ4v) is 3.99. The van der Waals surface area contributed by atoms with Crippen molar-refractivity contribution in [2.75, 3.05) is 6.61 Å². The molecule has 0 atom stereocenters. The van der Waals surface area contributed by atoms with E-state index in [-0.39, 0.29) is 5.91 Å². The van der Waals surface area contributed by atoms with Crippen molar-refractivity contribution in [2.24, 2.45) is 5.10 Å². The number of hydrazone groups is 1. The summed E-state index contributed by atoms with van der Waals surface area (Å²) in [5, 5.41) is 4.04. The van der Waals surface area contributed by atoms with Crippen LogP contribution in [-0.4, -0.2) is 24.7 Å². The van der Waals surface area contributed by atoms with Gasteiger partial charge in [-0.25, -0.2) is 10.2 Å². The molecule has 0 aliphatic heterocycles. The smallest absolute Gasteiger partial charge is 0.343 e. The minimum atomic E-state index is -0.429. The summed E-state index contributed by atoms with van der Waals surface area (Å²) in [7, 11) is 0. The van der Waals surface area contributed by atoms with Crippen LogP contribution in [0.2, 0.25) is 0 Å². The van der Waals surface area contributed by atoms with E-state index in [0.29, 0.717) is 24.3 Å². The lowest BCUT2D eigenvalue weighted by atomic mass is 10.1. The summed E-state index contributed by atoms with van der Waals surface area (Å²) in [4.78, 5) is 24.4. The molecule has 1 amide bonds. The van der Waals surface area contributed by atoms with E-state index in [1.807, 2.05) is 0 Å². The number of esters is 1. The van der Waals surface area contributed by atoms with E-state index in [4.69, 9.17) is 9.47 Å². The first-order valence-electron chi connectivity index (χ1n) is 14.5. The van der Waals surface area contributed by atoms with Gasteiger partial charge in [0.1, 0.15) is 11.5 Å². The average molecular weight is 523 g/mol. The number of nitrogens with zero attached hydrogens (tertiary/aromatic N) is 1. The van der Waals surface area contributed by atoms with Crippen molar-refractivity contribution in [3.63, 3.8) is 0 Å². The third-order valence-corrected chi connectivity index (χ3v) is 6.36. The SMILES string of the molecule is CCCCCCCCCCCCCC(=O)N/N=C/c1ccc(OC(=O)c2ccc(OCCCC)cc2)cc1. The number of hydrogen-bond acceptors (Lipinski definition) is 5. The van der Waals surface area contributed by atoms with Crippen LogP contribution in [0.1, 0.15) is 120 Å². The van der Waals surface area contributed by atoms with E-state index in [1.54, 1.807) is 54.7 Å². The topological polar surface area (TPSA) is 77.0 Å². The van der Waals surface area contributed by atoms with E-state index in [1.165, 1.54) is 57.8 Å². The highest BCUT2D eigenvalue weighted by Crippen LogP contribution is 2.17. The van der Waals surface area contributed by atoms with E-state index < -0.39 is 5.97 Å². The minimum absolute atomic E-state index is 0.0653. The Morgan fingerprint density at radius 3 is 1.87 bits per heavy atom. The number of benzene rings is 2. The standard InChI is InChI=1S/C32H46N2O4/c1-3-5-7-8-9-10-11-12-13-14-15-16-31(35)34-33-26-27-17-21-30(22-18-27)38-32(36)28-19-23-29(24-20-28)37-25-6-4-2/h17-24,26H,3-16,25H2,1-2H3,(H,34,35)/b33-26+. The zero-order valence-electron chi connectivity index (χ0n) is 23.4. The number of nitrogens with one attached hydrogen (secondary N) is 1. The zero-order chi connectivity index (χ0) is 27.3. The second-order valence-electron chi connectivity index (χ2n) is 9.76. The number of hydrogen-bond donors (Lipinski definition) is 1. The summed E-state index contributed by atoms with van der Waals surface area (Å²) in [5.41, 5.74) is 3.85. The van der Waals surface area contributed by atoms with Crippen LogP contribution in [0.4, 0.5) is 0 Å². The fourth-order valence-electron chi connectivity index (χ4n) is 3.99. The zero-order valence-corrected chi connectivity index (χ0v) is 23.4. The molecule has 0 aliphatic rings. The van der Waals surface area contributed by atoms with Gasteiger partial charge in [-0.1, -0.05) is 84.5 Å². The number of unbranched alkanes of at least 4 members (excludes halogenated alkanes) is 11. The van der Waals surface area contributed by atoms with Gasteiger partial charge in [-0.2, -0.15) is 5.10 Å². The first kappa shape index (κ1) is 31.1. The third kappa shape index (κ3) is 14.0. The van der Waals surface area contributed by atoms with Gasteiger partial charge in [0.25, 0.3) is 0 Å². The molecule has 0 spiro atoms. The van der Waals surface area contributed by atoms with E-state index in [2.05, 4.69) is 24.4 Å². The summed E-state index contributed by atoms with van der Waals surface area (Å²) in [5.74, 6) is 0.686. The van der Waals surface area contributed by atoms with Crippen molar-refractivity contribution in [1.29, 1.82) is 0 Å². The first-order chi connectivity index (χ1) is 18.6. The predicted octanol–water partition coefficient (Wildman–Crippen LogP) is 8.24. The fraction of sp³-hybridized carbons (Fsp3) is 0.531. The summed E-state index contributed by atoms with van der Waals surface area (Å²) < 4.78 is 11.1. The number of amides is 1. The third-order valence-electron chi connectivity index (χ3n) is 6.36. The molecule has 0 fully saturated rings. The molecule has 2 rings (SSSR count). The van der Waals surface area contributed by atoms with Crippen LogP contribution in [0.3, 0.4) is 0 Å². The number of carbonyl (C=O) groups is 2. The Bertz CT molecular complexity index is 939. The van der Waals surface area contributed by atoms with Gasteiger partial charge in [0.15, 0.2) is 0 Å². The van der Waals surface area contributed by atoms with Crippen molar-refractivity contribution in [3.8, 4) is 11.5 Å². The largest absolute Gasteiger partial charge is 0.494 e. The minimum Gasteiger partial charge on any atom is -0.494 e. The van der Waals surface area contributed by atoms with Crippen LogP contribution >= 0.6 is 0 Å². The molecule has 2 aromatic rings. The van der Waals surface area contributed by atoms with Gasteiger partial charge in [0.2, 0.25) is 5.91 Å². The number of carbonyl (C=O) groups excluding carboxylic acids is 2. The quantitative estimate of drug-likeness (QED) is 0.0624. The van der Waals surface area contributed by atoms with Crippen LogP contribution in [0.5, 0.6) is 11.5 Å². The highest BCUT2D eigenvalue weighted by Gasteiger charge is 2.09. The molecule has 0 saturated heterocycles. The van der Waals surface area contributed by atoms with Crippen LogP contribution in [0.15, 0.2) is 53.6 Å². The van der Waals surface area contributed by atoms with Crippen molar-refractivity contribution in [1.82, 2.24) is 5.43 Å². The van der Waals surface area contributed by atoms with Crippen molar-refractivity contribution in [2.45, 2.75) is 104 Å². The Morgan fingerprint density at radius 2 is 1.26 bits per heavy atom. The Hall–Kier alpha value is -3.15. The van der Waals surface area contributed by atoms with Gasteiger partial charge in [-0.05, 0) is 66.9 Å². The molecule has 1 N–H and O–H groups in total. The number of rotatable bonds is 20. The van der Waals surface area contributed by atoms with Crippen molar-refractivity contribution in [3.05, 3.63) is 59.7 Å². The predicted molar refractivity (Wildman–Crippen MR) is 155 cm³/mol. The molecule has 0 unspecified atom stereocenters. The first-order valence-corrected chi connectivity index (χ1v) is 14.5. The van der Waals surface area contributed by atoms with Gasteiger partial charge in [0, 0.05) is 6.42 Å². The number of ether oxygens (including phenoxy) is 2. The molecule has 0 saturated carbocycles. The molecule has 0 bridgehead atoms. The molecule has 208 valence electrons. The molecular formula is C32H46N2O4. The molecule has 6 heteroatoms. The van der Waals surface area contributed by atoms with Crippen LogP contribution in [-0.2, 0) is 4.79 Å². The second kappa shape index (κ2) is 19.9. The summed E-state index contributed by atoms with van der Waals surface area (Å²) in [6.07, 6.45) is 18.0. The lowest BCUT2D eigenvalue weighted by Crippen LogP contribution is -2.16. The monoisotopic (exact) mass is 522 g/mol. The second-order valence-corrected chi connectivity index (χ2v) is 9.76. The van der Waals surface area contributed by atoms with Gasteiger partial charge < -0.3 is 9.47 Å². The summed E-state index contributed by atoms with van der Waals surface area (Å²) >= 11 is 0. The highest BCUT2D eigenvalue weighted by molar-refractivity contribution is 5.91. The van der Waals surface area contributed by atoms with Gasteiger partial charge in [0.05, 0.1) is 18.4 Å². The Labute approximate surface area is 229 Å². The Balaban J connectivity index is 1.58. The van der Waals surface area contributed by atoms with E-state index >= 15 is 0 Å². The van der Waals surface area contributed by atoms with Crippen LogP contribution in [0, 0.1) is 0 Å². The highest BCUT2D eigenvalue weighted by atomic mass is 16.5. The van der Waals surface area contributed by atoms with E-state index in [0.717, 1.165) is 37.0 Å². The summed E-state index contributed by atoms with van der Waals surface area (Å²) in [6, 6.07) is 13.9. The molecule has 2 aromatic carbocycles. The summed E-state index contributed by atoms with van der Waals surface area (Å²) in [6.45, 7) is 5.03. The lowest BCUT2D eigenvalue weighted by molar-refractivity contribution is -0.121. The van der Waals surface area contributed by atoms with Crippen molar-refractivity contribution >= 4 is 18.1 Å². The van der Waals surface area contributed by atoms with Crippen LogP contribution < -0.4 is 14.9 Å². The van der Waals surface area contributed by atoms with Crippen LogP contribution in [0.25, 0.3) is 0 Å². The van der Waals surface area contributed by atoms with E-state index in [9.17, 15) is 9.59 Å². The van der Waals surface area contributed by atoms with Crippen molar-refractivity contribution < 1.29 is 19.1 Å². The molecule has 0 aromatic heterocycles. The maximum Gasteiger partial charge on any atom is 0.343 e. The normalized spacial score (nSPS) is 11.0. The maximum atomic E-state index is 12.4. The molecule has 0 radical (unpaired) electrons. The lowest BCUT2D eigenvalue weighted by Gasteiger charge is -2.07. The molecule has 38 heavy (non-hydrogen) atoms. The van der Waals surface area contributed by atoms with Gasteiger partial charge in [-0.15, -0.1) is 0 Å². The Kier molecular flexibility index (Phi) is 16.3. The molecule has 0 aliphatic carbocycles. The Morgan fingerprint density at radius 1 is 0.711 bits per heavy atom. The molecule has 0 heterocycles. The van der Waals surface area contributed by atoms with Gasteiger partial charge >= 0.3 is 5.97 Å².